The molecule has 5 nitrogen and oxygen atoms in total. The van der Waals surface area contributed by atoms with Gasteiger partial charge in [0.15, 0.2) is 0 Å². The van der Waals surface area contributed by atoms with Crippen LogP contribution in [-0.4, -0.2) is 33.9 Å². The van der Waals surface area contributed by atoms with Gasteiger partial charge >= 0.3 is 0 Å². The number of benzene rings is 2. The quantitative estimate of drug-likeness (QED) is 0.484. The molecule has 30 heavy (non-hydrogen) atoms. The summed E-state index contributed by atoms with van der Waals surface area (Å²) >= 11 is 1.55. The molecule has 152 valence electrons. The van der Waals surface area contributed by atoms with Gasteiger partial charge in [-0.05, 0) is 48.6 Å². The molecule has 1 fully saturated rings. The molecule has 1 amide bonds. The van der Waals surface area contributed by atoms with Crippen LogP contribution in [0.4, 0.5) is 0 Å². The normalized spacial score (nSPS) is 14.9. The van der Waals surface area contributed by atoms with Crippen LogP contribution < -0.4 is 4.74 Å². The monoisotopic (exact) mass is 417 g/mol. The number of fused-ring (bicyclic) bond motifs is 1. The van der Waals surface area contributed by atoms with Gasteiger partial charge in [-0.15, -0.1) is 11.3 Å². The van der Waals surface area contributed by atoms with Crippen molar-refractivity contribution in [1.29, 1.82) is 0 Å². The van der Waals surface area contributed by atoms with E-state index < -0.39 is 0 Å². The molecule has 2 aromatic carbocycles. The lowest BCUT2D eigenvalue weighted by Crippen LogP contribution is -2.38. The molecule has 3 heterocycles. The van der Waals surface area contributed by atoms with E-state index in [1.807, 2.05) is 34.5 Å². The number of ether oxygens (including phenoxy) is 1. The molecule has 0 unspecified atom stereocenters. The molecule has 1 aliphatic heterocycles. The van der Waals surface area contributed by atoms with E-state index in [0.29, 0.717) is 23.8 Å². The minimum Gasteiger partial charge on any atom is -0.487 e. The number of likely N-dealkylation sites (tertiary alicyclic amines) is 1. The topological polar surface area (TPSA) is 58.2 Å². The minimum absolute atomic E-state index is 0.0733. The zero-order valence-corrected chi connectivity index (χ0v) is 17.4. The number of para-hydroxylation sites is 1. The van der Waals surface area contributed by atoms with E-state index in [1.165, 1.54) is 16.6 Å². The van der Waals surface area contributed by atoms with Gasteiger partial charge < -0.3 is 14.6 Å². The molecule has 0 bridgehead atoms. The fraction of sp³-hybridized carbons (Fsp3) is 0.250. The van der Waals surface area contributed by atoms with Crippen molar-refractivity contribution < 1.29 is 9.53 Å². The van der Waals surface area contributed by atoms with Gasteiger partial charge in [0.25, 0.3) is 5.91 Å². The number of aromatic nitrogens is 2. The first-order chi connectivity index (χ1) is 14.8. The van der Waals surface area contributed by atoms with Crippen LogP contribution in [0.2, 0.25) is 0 Å². The number of hydrogen-bond donors (Lipinski definition) is 1. The van der Waals surface area contributed by atoms with Gasteiger partial charge in [-0.3, -0.25) is 4.79 Å². The maximum absolute atomic E-state index is 13.0. The molecule has 1 N–H and O–H groups in total. The van der Waals surface area contributed by atoms with Crippen molar-refractivity contribution in [2.24, 2.45) is 0 Å². The van der Waals surface area contributed by atoms with E-state index in [2.05, 4.69) is 40.3 Å². The van der Waals surface area contributed by atoms with E-state index in [-0.39, 0.29) is 5.91 Å². The summed E-state index contributed by atoms with van der Waals surface area (Å²) in [7, 11) is 0. The van der Waals surface area contributed by atoms with E-state index in [4.69, 9.17) is 4.74 Å². The zero-order valence-electron chi connectivity index (χ0n) is 16.6. The Bertz CT molecular complexity index is 1110. The largest absolute Gasteiger partial charge is 0.487 e. The van der Waals surface area contributed by atoms with Crippen molar-refractivity contribution in [3.05, 3.63) is 82.4 Å². The molecule has 5 rings (SSSR count). The molecule has 6 heteroatoms. The molecule has 1 aliphatic rings. The summed E-state index contributed by atoms with van der Waals surface area (Å²) in [4.78, 5) is 22.8. The van der Waals surface area contributed by atoms with Gasteiger partial charge in [-0.25, -0.2) is 4.98 Å². The Labute approximate surface area is 179 Å². The van der Waals surface area contributed by atoms with Gasteiger partial charge in [0.05, 0.1) is 11.2 Å². The number of thiazole rings is 1. The van der Waals surface area contributed by atoms with Crippen LogP contribution in [0.15, 0.2) is 65.5 Å². The van der Waals surface area contributed by atoms with Crippen molar-refractivity contribution in [3.8, 4) is 5.75 Å². The van der Waals surface area contributed by atoms with Gasteiger partial charge in [0.1, 0.15) is 12.4 Å². The van der Waals surface area contributed by atoms with Crippen molar-refractivity contribution in [3.63, 3.8) is 0 Å². The third-order valence-electron chi connectivity index (χ3n) is 5.72. The Hall–Kier alpha value is -3.12. The number of aromatic amines is 1. The molecule has 1 saturated heterocycles. The van der Waals surface area contributed by atoms with E-state index in [0.717, 1.165) is 31.6 Å². The number of hydrogen-bond acceptors (Lipinski definition) is 4. The molecule has 0 spiro atoms. The number of carbonyl (C=O) groups excluding carboxylic acids is 1. The summed E-state index contributed by atoms with van der Waals surface area (Å²) in [5, 5.41) is 3.22. The predicted molar refractivity (Wildman–Crippen MR) is 119 cm³/mol. The highest BCUT2D eigenvalue weighted by Gasteiger charge is 2.25. The zero-order chi connectivity index (χ0) is 20.3. The van der Waals surface area contributed by atoms with Crippen molar-refractivity contribution in [1.82, 2.24) is 14.9 Å². The average molecular weight is 418 g/mol. The van der Waals surface area contributed by atoms with Gasteiger partial charge in [-0.2, -0.15) is 0 Å². The summed E-state index contributed by atoms with van der Waals surface area (Å²) < 4.78 is 5.80. The van der Waals surface area contributed by atoms with Crippen LogP contribution in [0.5, 0.6) is 5.75 Å². The lowest BCUT2D eigenvalue weighted by atomic mass is 9.93. The van der Waals surface area contributed by atoms with E-state index in [1.54, 1.807) is 16.8 Å². The Morgan fingerprint density at radius 2 is 2.00 bits per heavy atom. The van der Waals surface area contributed by atoms with Crippen LogP contribution in [0.1, 0.15) is 40.5 Å². The molecule has 4 aromatic rings. The lowest BCUT2D eigenvalue weighted by Gasteiger charge is -2.31. The van der Waals surface area contributed by atoms with Crippen molar-refractivity contribution in [2.45, 2.75) is 25.4 Å². The first kappa shape index (κ1) is 18.9. The Morgan fingerprint density at radius 1 is 1.13 bits per heavy atom. The molecule has 0 aliphatic carbocycles. The number of carbonyl (C=O) groups is 1. The molecule has 0 atom stereocenters. The second kappa shape index (κ2) is 8.32. The van der Waals surface area contributed by atoms with Gasteiger partial charge in [0.2, 0.25) is 0 Å². The van der Waals surface area contributed by atoms with Crippen LogP contribution >= 0.6 is 11.3 Å². The number of nitrogens with one attached hydrogen (secondary N) is 1. The van der Waals surface area contributed by atoms with Crippen molar-refractivity contribution >= 4 is 28.1 Å². The molecular formula is C24H23N3O2S. The SMILES string of the molecule is O=C(c1cccc(OCc2cscn2)c1)N1CCC(c2cc3ccccc3[nH]2)CC1. The van der Waals surface area contributed by atoms with E-state index in [9.17, 15) is 4.79 Å². The third kappa shape index (κ3) is 3.96. The fourth-order valence-corrected chi connectivity index (χ4v) is 4.62. The number of amides is 1. The standard InChI is InChI=1S/C24H23N3O2S/c28-24(19-5-3-6-21(12-19)29-14-20-15-30-16-25-20)27-10-8-17(9-11-27)23-13-18-4-1-2-7-22(18)26-23/h1-7,12-13,15-17,26H,8-11,14H2. The highest BCUT2D eigenvalue weighted by molar-refractivity contribution is 7.07. The summed E-state index contributed by atoms with van der Waals surface area (Å²) in [6, 6.07) is 18.1. The van der Waals surface area contributed by atoms with Crippen LogP contribution in [0.3, 0.4) is 0 Å². The summed E-state index contributed by atoms with van der Waals surface area (Å²) in [5.41, 5.74) is 5.82. The highest BCUT2D eigenvalue weighted by Crippen LogP contribution is 2.30. The smallest absolute Gasteiger partial charge is 0.253 e. The van der Waals surface area contributed by atoms with Crippen molar-refractivity contribution in [2.75, 3.05) is 13.1 Å². The molecule has 0 saturated carbocycles. The predicted octanol–water partition coefficient (Wildman–Crippen LogP) is 5.22. The van der Waals surface area contributed by atoms with Crippen LogP contribution in [0.25, 0.3) is 10.9 Å². The lowest BCUT2D eigenvalue weighted by molar-refractivity contribution is 0.0711. The number of rotatable bonds is 5. The number of H-pyrrole nitrogens is 1. The van der Waals surface area contributed by atoms with Crippen LogP contribution in [-0.2, 0) is 6.61 Å². The first-order valence-corrected chi connectivity index (χ1v) is 11.2. The maximum Gasteiger partial charge on any atom is 0.253 e. The Balaban J connectivity index is 1.21. The molecule has 0 radical (unpaired) electrons. The highest BCUT2D eigenvalue weighted by atomic mass is 32.1. The molecular weight excluding hydrogens is 394 g/mol. The Morgan fingerprint density at radius 3 is 2.80 bits per heavy atom. The Kier molecular flexibility index (Phi) is 5.24. The summed E-state index contributed by atoms with van der Waals surface area (Å²) in [6.45, 7) is 1.95. The fourth-order valence-electron chi connectivity index (χ4n) is 4.08. The third-order valence-corrected chi connectivity index (χ3v) is 6.36. The summed E-state index contributed by atoms with van der Waals surface area (Å²) in [5.74, 6) is 1.24. The number of nitrogens with zero attached hydrogens (tertiary/aromatic N) is 2. The van der Waals surface area contributed by atoms with Gasteiger partial charge in [0, 0.05) is 41.2 Å². The van der Waals surface area contributed by atoms with Crippen LogP contribution in [0, 0.1) is 0 Å². The van der Waals surface area contributed by atoms with E-state index >= 15 is 0 Å². The summed E-state index contributed by atoms with van der Waals surface area (Å²) in [6.07, 6.45) is 1.94. The maximum atomic E-state index is 13.0. The minimum atomic E-state index is 0.0733. The average Bonchev–Trinajstić information content (AvgIpc) is 3.47. The first-order valence-electron chi connectivity index (χ1n) is 10.2. The second-order valence-electron chi connectivity index (χ2n) is 7.67. The van der Waals surface area contributed by atoms with Gasteiger partial charge in [-0.1, -0.05) is 24.3 Å². The number of piperidine rings is 1. The second-order valence-corrected chi connectivity index (χ2v) is 8.39. The molecule has 2 aromatic heterocycles.